The standard InChI is InChI=1S/C19H19NO4S/c1-23-14-8-10-15(11-9-14)25-19(18(22)24-2)12-16(21)20-17(19)13-6-4-3-5-7-13/h3-11,17H,12H2,1-2H3,(H,20,21)/t17-,19+/m1/s1. The van der Waals surface area contributed by atoms with E-state index in [4.69, 9.17) is 9.47 Å². The minimum atomic E-state index is -1.05. The molecule has 0 aromatic heterocycles. The van der Waals surface area contributed by atoms with Crippen molar-refractivity contribution in [2.75, 3.05) is 14.2 Å². The highest BCUT2D eigenvalue weighted by Crippen LogP contribution is 2.49. The fourth-order valence-electron chi connectivity index (χ4n) is 3.02. The summed E-state index contributed by atoms with van der Waals surface area (Å²) in [5.41, 5.74) is 0.875. The van der Waals surface area contributed by atoms with Crippen LogP contribution in [0.3, 0.4) is 0 Å². The van der Waals surface area contributed by atoms with E-state index in [0.29, 0.717) is 0 Å². The zero-order valence-corrected chi connectivity index (χ0v) is 14.8. The van der Waals surface area contributed by atoms with Crippen LogP contribution in [-0.4, -0.2) is 30.8 Å². The molecule has 1 saturated heterocycles. The third-order valence-corrected chi connectivity index (χ3v) is 5.64. The van der Waals surface area contributed by atoms with Gasteiger partial charge in [-0.2, -0.15) is 0 Å². The third kappa shape index (κ3) is 3.35. The molecule has 1 aliphatic rings. The van der Waals surface area contributed by atoms with Crippen molar-refractivity contribution in [2.24, 2.45) is 0 Å². The molecule has 5 nitrogen and oxygen atoms in total. The number of carbonyl (C=O) groups is 2. The van der Waals surface area contributed by atoms with E-state index >= 15 is 0 Å². The molecule has 0 saturated carbocycles. The number of esters is 1. The van der Waals surface area contributed by atoms with E-state index in [1.54, 1.807) is 7.11 Å². The molecule has 0 unspecified atom stereocenters. The Morgan fingerprint density at radius 2 is 1.80 bits per heavy atom. The second-order valence-electron chi connectivity index (χ2n) is 5.75. The molecule has 0 bridgehead atoms. The monoisotopic (exact) mass is 357 g/mol. The SMILES string of the molecule is COC(=O)[C@]1(Sc2ccc(OC)cc2)CC(=O)N[C@@H]1c1ccccc1. The van der Waals surface area contributed by atoms with Crippen molar-refractivity contribution in [1.29, 1.82) is 0 Å². The molecule has 1 heterocycles. The van der Waals surface area contributed by atoms with Gasteiger partial charge in [0, 0.05) is 4.90 Å². The molecule has 3 rings (SSSR count). The summed E-state index contributed by atoms with van der Waals surface area (Å²) < 4.78 is 9.20. The lowest BCUT2D eigenvalue weighted by Crippen LogP contribution is -2.41. The highest BCUT2D eigenvalue weighted by molar-refractivity contribution is 8.01. The van der Waals surface area contributed by atoms with Gasteiger partial charge >= 0.3 is 5.97 Å². The lowest BCUT2D eigenvalue weighted by molar-refractivity contribution is -0.144. The first-order valence-electron chi connectivity index (χ1n) is 7.85. The van der Waals surface area contributed by atoms with Crippen LogP contribution < -0.4 is 10.1 Å². The van der Waals surface area contributed by atoms with Crippen LogP contribution >= 0.6 is 11.8 Å². The van der Waals surface area contributed by atoms with Gasteiger partial charge in [-0.15, -0.1) is 11.8 Å². The van der Waals surface area contributed by atoms with Gasteiger partial charge in [-0.3, -0.25) is 9.59 Å². The third-order valence-electron chi connectivity index (χ3n) is 4.22. The summed E-state index contributed by atoms with van der Waals surface area (Å²) in [5.74, 6) is 0.150. The average Bonchev–Trinajstić information content (AvgIpc) is 2.99. The largest absolute Gasteiger partial charge is 0.497 e. The molecule has 2 atom stereocenters. The first kappa shape index (κ1) is 17.4. The Hall–Kier alpha value is -2.47. The molecule has 1 fully saturated rings. The van der Waals surface area contributed by atoms with E-state index in [0.717, 1.165) is 16.2 Å². The Morgan fingerprint density at radius 1 is 1.12 bits per heavy atom. The summed E-state index contributed by atoms with van der Waals surface area (Å²) in [7, 11) is 2.95. The average molecular weight is 357 g/mol. The van der Waals surface area contributed by atoms with Crippen LogP contribution in [0.4, 0.5) is 0 Å². The van der Waals surface area contributed by atoms with Crippen molar-refractivity contribution in [3.05, 3.63) is 60.2 Å². The van der Waals surface area contributed by atoms with E-state index in [2.05, 4.69) is 5.32 Å². The lowest BCUT2D eigenvalue weighted by Gasteiger charge is -2.31. The van der Waals surface area contributed by atoms with Gasteiger partial charge in [0.05, 0.1) is 26.7 Å². The highest BCUT2D eigenvalue weighted by atomic mass is 32.2. The fourth-order valence-corrected chi connectivity index (χ4v) is 4.40. The van der Waals surface area contributed by atoms with Gasteiger partial charge in [0.1, 0.15) is 5.75 Å². The Morgan fingerprint density at radius 3 is 2.40 bits per heavy atom. The first-order valence-corrected chi connectivity index (χ1v) is 8.66. The Balaban J connectivity index is 2.01. The number of thioether (sulfide) groups is 1. The van der Waals surface area contributed by atoms with Crippen LogP contribution in [0.25, 0.3) is 0 Å². The minimum Gasteiger partial charge on any atom is -0.497 e. The predicted octanol–water partition coefficient (Wildman–Crippen LogP) is 2.96. The number of amides is 1. The Kier molecular flexibility index (Phi) is 4.99. The quantitative estimate of drug-likeness (QED) is 0.834. The number of hydrogen-bond acceptors (Lipinski definition) is 5. The first-order chi connectivity index (χ1) is 12.1. The van der Waals surface area contributed by atoms with Crippen LogP contribution in [0.1, 0.15) is 18.0 Å². The van der Waals surface area contributed by atoms with Crippen LogP contribution in [-0.2, 0) is 14.3 Å². The molecule has 1 N–H and O–H groups in total. The molecular formula is C19H19NO4S. The van der Waals surface area contributed by atoms with E-state index in [-0.39, 0.29) is 12.3 Å². The van der Waals surface area contributed by atoms with Gasteiger partial charge < -0.3 is 14.8 Å². The van der Waals surface area contributed by atoms with Gasteiger partial charge in [-0.1, -0.05) is 30.3 Å². The van der Waals surface area contributed by atoms with Crippen molar-refractivity contribution in [3.8, 4) is 5.75 Å². The van der Waals surface area contributed by atoms with Crippen molar-refractivity contribution < 1.29 is 19.1 Å². The zero-order valence-electron chi connectivity index (χ0n) is 14.0. The lowest BCUT2D eigenvalue weighted by atomic mass is 9.93. The van der Waals surface area contributed by atoms with E-state index in [9.17, 15) is 9.59 Å². The molecular weight excluding hydrogens is 338 g/mol. The van der Waals surface area contributed by atoms with Crippen LogP contribution in [0.5, 0.6) is 5.75 Å². The maximum absolute atomic E-state index is 12.7. The molecule has 6 heteroatoms. The topological polar surface area (TPSA) is 64.6 Å². The summed E-state index contributed by atoms with van der Waals surface area (Å²) in [6.07, 6.45) is 0.0654. The summed E-state index contributed by atoms with van der Waals surface area (Å²) in [4.78, 5) is 25.8. The second kappa shape index (κ2) is 7.19. The smallest absolute Gasteiger partial charge is 0.325 e. The Bertz CT molecular complexity index is 763. The van der Waals surface area contributed by atoms with Crippen molar-refractivity contribution in [1.82, 2.24) is 5.32 Å². The summed E-state index contributed by atoms with van der Waals surface area (Å²) in [6.45, 7) is 0. The molecule has 1 amide bonds. The Labute approximate surface area is 150 Å². The van der Waals surface area contributed by atoms with Crippen LogP contribution in [0, 0.1) is 0 Å². The zero-order chi connectivity index (χ0) is 17.9. The molecule has 130 valence electrons. The van der Waals surface area contributed by atoms with E-state index in [1.807, 2.05) is 54.6 Å². The van der Waals surface area contributed by atoms with Gasteiger partial charge in [-0.25, -0.2) is 0 Å². The van der Waals surface area contributed by atoms with Crippen molar-refractivity contribution in [3.63, 3.8) is 0 Å². The minimum absolute atomic E-state index is 0.0654. The van der Waals surface area contributed by atoms with Crippen LogP contribution in [0.2, 0.25) is 0 Å². The molecule has 0 spiro atoms. The number of nitrogens with one attached hydrogen (secondary N) is 1. The van der Waals surface area contributed by atoms with Crippen LogP contribution in [0.15, 0.2) is 59.5 Å². The molecule has 0 aliphatic carbocycles. The number of rotatable bonds is 5. The maximum Gasteiger partial charge on any atom is 0.325 e. The van der Waals surface area contributed by atoms with Gasteiger partial charge in [0.15, 0.2) is 4.75 Å². The number of methoxy groups -OCH3 is 2. The number of ether oxygens (including phenoxy) is 2. The highest BCUT2D eigenvalue weighted by Gasteiger charge is 2.55. The van der Waals surface area contributed by atoms with Crippen molar-refractivity contribution in [2.45, 2.75) is 22.1 Å². The molecule has 2 aromatic rings. The van der Waals surface area contributed by atoms with Gasteiger partial charge in [0.2, 0.25) is 5.91 Å². The summed E-state index contributed by atoms with van der Waals surface area (Å²) in [5, 5.41) is 2.93. The molecule has 1 aliphatic heterocycles. The molecule has 25 heavy (non-hydrogen) atoms. The predicted molar refractivity (Wildman–Crippen MR) is 95.5 cm³/mol. The maximum atomic E-state index is 12.7. The fraction of sp³-hybridized carbons (Fsp3) is 0.263. The normalized spacial score (nSPS) is 22.3. The number of carbonyl (C=O) groups excluding carboxylic acids is 2. The van der Waals surface area contributed by atoms with E-state index in [1.165, 1.54) is 18.9 Å². The van der Waals surface area contributed by atoms with Crippen molar-refractivity contribution >= 4 is 23.6 Å². The number of hydrogen-bond donors (Lipinski definition) is 1. The molecule has 0 radical (unpaired) electrons. The summed E-state index contributed by atoms with van der Waals surface area (Å²) in [6, 6.07) is 16.4. The van der Waals surface area contributed by atoms with Gasteiger partial charge in [-0.05, 0) is 29.8 Å². The second-order valence-corrected chi connectivity index (χ2v) is 7.15. The molecule has 2 aromatic carbocycles. The van der Waals surface area contributed by atoms with Gasteiger partial charge in [0.25, 0.3) is 0 Å². The van der Waals surface area contributed by atoms with E-state index < -0.39 is 16.8 Å². The number of benzene rings is 2. The summed E-state index contributed by atoms with van der Waals surface area (Å²) >= 11 is 1.34.